The maximum absolute atomic E-state index is 15.4. The topological polar surface area (TPSA) is 343 Å². The lowest BCUT2D eigenvalue weighted by Gasteiger charge is -2.36. The lowest BCUT2D eigenvalue weighted by atomic mass is 9.98. The largest absolute Gasteiger partial charge is 0.494 e. The van der Waals surface area contributed by atoms with Crippen molar-refractivity contribution in [2.75, 3.05) is 131 Å². The third-order valence-electron chi connectivity index (χ3n) is 20.2. The van der Waals surface area contributed by atoms with Crippen LogP contribution < -0.4 is 35.6 Å². The van der Waals surface area contributed by atoms with Crippen molar-refractivity contribution in [2.24, 2.45) is 20.5 Å². The van der Waals surface area contributed by atoms with Gasteiger partial charge in [0.1, 0.15) is 59.8 Å². The molecule has 2 atom stereocenters. The first kappa shape index (κ1) is 82.5. The number of aromatic hydroxyl groups is 4. The smallest absolute Gasteiger partial charge is 0.414 e. The van der Waals surface area contributed by atoms with Crippen LogP contribution in [0.3, 0.4) is 0 Å². The third kappa shape index (κ3) is 19.6. The lowest BCUT2D eigenvalue weighted by Crippen LogP contribution is -2.49. The van der Waals surface area contributed by atoms with E-state index < -0.39 is 77.2 Å². The van der Waals surface area contributed by atoms with Crippen LogP contribution in [-0.2, 0) is 51.3 Å². The van der Waals surface area contributed by atoms with Crippen LogP contribution in [0.2, 0.25) is 0 Å². The number of halogens is 6. The third-order valence-corrected chi connectivity index (χ3v) is 20.8. The number of Topliss-reactive ketones (excluding diaryl/α,β-unsaturated/α-hetero) is 1. The standard InChI is InChI=1S/C44H40F3N7O8S.C29H30F3N7O6S.C5H11N/c45-35-20-26(54-23-27(62-44(54)60)21-48-40(63)39(46)47)10-12-36(35)51-15-17-52(18-16-51)38(56)13-14-53-41(57)32-11-9-25(19-33(32)42(53)58)50-49-22-37(55)43(59)61-24-34-30-7-3-1-5-28(30)29-6-2-4-8-31(29)34;30-22-14-18(39-16-19(45-29(39)44)15-33-26(46)25(31)32)2-4-23(22)36-8-10-37(11-9-36)24(41)5-7-38-27(42)20-3-1-17(35-34-6-12-40)13-21(20)28(38)43;1-2-4-6-5-3-1/h1-12,19-20,27,34,39,57-58H,13-18,21-24H2,(H,48,63);1-4,12-14,19,25,42-43H,5-11,15-16H2,(H,33,46);6H,1-5H2/t27-;19-;/m00./s1. The van der Waals surface area contributed by atoms with Crippen LogP contribution in [0, 0.1) is 11.6 Å². The number of nitrogens with one attached hydrogen (secondary N) is 3. The fraction of sp³-hybridized carbons (Fsp3) is 0.372. The van der Waals surface area contributed by atoms with Crippen molar-refractivity contribution in [3.05, 3.63) is 144 Å². The van der Waals surface area contributed by atoms with Crippen LogP contribution in [0.5, 0.6) is 23.5 Å². The summed E-state index contributed by atoms with van der Waals surface area (Å²) < 4.78 is 99.4. The first-order chi connectivity index (χ1) is 55.4. The number of rotatable bonds is 25. The monoisotopic (exact) mass is 1630 g/mol. The van der Waals surface area contributed by atoms with Gasteiger partial charge in [0.05, 0.1) is 60.3 Å². The van der Waals surface area contributed by atoms with Gasteiger partial charge in [-0.05, 0) is 121 Å². The predicted molar refractivity (Wildman–Crippen MR) is 420 cm³/mol. The molecule has 0 unspecified atom stereocenters. The van der Waals surface area contributed by atoms with Gasteiger partial charge >= 0.3 is 18.2 Å². The molecule has 37 heteroatoms. The number of thiocarbonyl (C=S) groups is 2. The van der Waals surface area contributed by atoms with E-state index in [0.29, 0.717) is 73.1 Å². The van der Waals surface area contributed by atoms with E-state index in [-0.39, 0.29) is 148 Å². The summed E-state index contributed by atoms with van der Waals surface area (Å²) in [4.78, 5) is 94.5. The van der Waals surface area contributed by atoms with Crippen molar-refractivity contribution >= 4 is 132 Å². The second kappa shape index (κ2) is 37.8. The molecule has 7 N–H and O–H groups in total. The minimum absolute atomic E-state index is 0.00651. The molecule has 29 nitrogen and oxygen atoms in total. The van der Waals surface area contributed by atoms with E-state index in [1.165, 1.54) is 99.8 Å². The summed E-state index contributed by atoms with van der Waals surface area (Å²) in [5.74, 6) is -4.76. The number of ketones is 1. The number of azo groups is 2. The number of piperazine rings is 2. The van der Waals surface area contributed by atoms with Gasteiger partial charge < -0.3 is 75.0 Å². The van der Waals surface area contributed by atoms with Crippen LogP contribution >= 0.6 is 24.4 Å². The number of piperidine rings is 1. The Morgan fingerprint density at radius 1 is 0.565 bits per heavy atom. The summed E-state index contributed by atoms with van der Waals surface area (Å²) in [5, 5.41) is 68.0. The molecule has 5 fully saturated rings. The molecule has 0 bridgehead atoms. The highest BCUT2D eigenvalue weighted by Crippen LogP contribution is 2.45. The van der Waals surface area contributed by atoms with E-state index in [1.54, 1.807) is 43.9 Å². The van der Waals surface area contributed by atoms with Crippen molar-refractivity contribution in [2.45, 2.75) is 76.2 Å². The number of fused-ring (bicyclic) bond motifs is 5. The molecule has 0 saturated carbocycles. The molecule has 6 aliphatic rings. The Bertz CT molecular complexity index is 4980. The van der Waals surface area contributed by atoms with E-state index in [0.717, 1.165) is 22.3 Å². The van der Waals surface area contributed by atoms with E-state index in [2.05, 4.69) is 60.8 Å². The SMILES string of the molecule is C1CCNCC1.O=C(CN=Nc1ccc2c(O)n(CCC(=O)N3CCN(c4ccc(N5C[C@H](CNC(=S)C(F)F)OC5=O)cc4F)CC3)c(O)c2c1)C(=O)OCC1c2ccccc2-c2ccccc21.O=CCN=Nc1ccc2c(O)n(CCC(=O)N3CCN(c4ccc(N5C[C@H](CNC(=S)C(F)F)OC5=O)cc4F)CC3)c(O)c2c1. The number of carbonyl (C=O) groups excluding carboxylic acids is 7. The Labute approximate surface area is 664 Å². The van der Waals surface area contributed by atoms with Crippen LogP contribution in [0.25, 0.3) is 32.7 Å². The van der Waals surface area contributed by atoms with Crippen molar-refractivity contribution in [3.8, 4) is 34.6 Å². The average molecular weight is 1630 g/mol. The number of amides is 4. The molecule has 14 rings (SSSR count). The predicted octanol–water partition coefficient (Wildman–Crippen LogP) is 10.9. The fourth-order valence-corrected chi connectivity index (χ4v) is 14.4. The number of alkyl halides is 4. The molecule has 1 aliphatic carbocycles. The van der Waals surface area contributed by atoms with Crippen LogP contribution in [0.4, 0.5) is 70.1 Å². The Kier molecular flexibility index (Phi) is 27.1. The summed E-state index contributed by atoms with van der Waals surface area (Å²) in [7, 11) is 0. The van der Waals surface area contributed by atoms with Crippen molar-refractivity contribution in [3.63, 3.8) is 0 Å². The maximum atomic E-state index is 15.4. The summed E-state index contributed by atoms with van der Waals surface area (Å²) in [5.41, 5.74) is 5.83. The van der Waals surface area contributed by atoms with Gasteiger partial charge in [0.15, 0.2) is 0 Å². The first-order valence-electron chi connectivity index (χ1n) is 37.0. The van der Waals surface area contributed by atoms with Gasteiger partial charge in [-0.15, -0.1) is 0 Å². The number of anilines is 4. The Hall–Kier alpha value is -12.0. The average Bonchev–Trinajstić information content (AvgIpc) is 1.62. The quantitative estimate of drug-likeness (QED) is 0.00531. The zero-order valence-corrected chi connectivity index (χ0v) is 63.4. The molecular formula is C78H81F6N15O14S2. The number of aldehydes is 1. The highest BCUT2D eigenvalue weighted by molar-refractivity contribution is 7.80. The summed E-state index contributed by atoms with van der Waals surface area (Å²) in [6.45, 7) is 4.10. The first-order valence-corrected chi connectivity index (χ1v) is 37.8. The molecule has 5 saturated heterocycles. The molecule has 0 spiro atoms. The second-order valence-electron chi connectivity index (χ2n) is 27.4. The van der Waals surface area contributed by atoms with Crippen LogP contribution in [0.15, 0.2) is 142 Å². The zero-order valence-electron chi connectivity index (χ0n) is 61.8. The Morgan fingerprint density at radius 3 is 1.41 bits per heavy atom. The summed E-state index contributed by atoms with van der Waals surface area (Å²) >= 11 is 9.08. The van der Waals surface area contributed by atoms with E-state index in [4.69, 9.17) is 14.2 Å². The molecule has 4 amide bonds. The summed E-state index contributed by atoms with van der Waals surface area (Å²) in [6, 6.07) is 33.4. The molecule has 5 aliphatic heterocycles. The van der Waals surface area contributed by atoms with E-state index >= 15 is 8.78 Å². The normalized spacial score (nSPS) is 16.9. The highest BCUT2D eigenvalue weighted by atomic mass is 32.1. The van der Waals surface area contributed by atoms with Gasteiger partial charge in [0.25, 0.3) is 18.6 Å². The minimum Gasteiger partial charge on any atom is -0.494 e. The number of cyclic esters (lactones) is 2. The highest BCUT2D eigenvalue weighted by Gasteiger charge is 2.37. The van der Waals surface area contributed by atoms with Crippen LogP contribution in [-0.4, -0.2) is 228 Å². The van der Waals surface area contributed by atoms with Gasteiger partial charge in [0.2, 0.25) is 35.3 Å². The number of esters is 1. The van der Waals surface area contributed by atoms with Crippen molar-refractivity contribution in [1.82, 2.24) is 34.9 Å². The number of hydrogen-bond acceptors (Lipinski definition) is 23. The second-order valence-corrected chi connectivity index (χ2v) is 28.3. The molecule has 0 radical (unpaired) electrons. The number of aromatic nitrogens is 2. The van der Waals surface area contributed by atoms with E-state index in [1.807, 2.05) is 48.5 Å². The Morgan fingerprint density at radius 2 is 1.00 bits per heavy atom. The summed E-state index contributed by atoms with van der Waals surface area (Å²) in [6.07, 6.45) is -3.90. The number of hydrogen-bond donors (Lipinski definition) is 7. The van der Waals surface area contributed by atoms with Gasteiger partial charge in [0, 0.05) is 106 Å². The molecule has 2 aromatic heterocycles. The number of nitrogens with zero attached hydrogens (tertiary/aromatic N) is 12. The number of carbonyl (C=O) groups is 7. The molecule has 6 aromatic carbocycles. The van der Waals surface area contributed by atoms with Gasteiger partial charge in [-0.2, -0.15) is 20.5 Å². The number of benzene rings is 6. The fourth-order valence-electron chi connectivity index (χ4n) is 14.3. The molecule has 8 aromatic rings. The minimum atomic E-state index is -2.84. The maximum Gasteiger partial charge on any atom is 0.414 e. The molecule has 606 valence electrons. The molecular weight excluding hydrogens is 1550 g/mol. The zero-order chi connectivity index (χ0) is 81.6. The van der Waals surface area contributed by atoms with Gasteiger partial charge in [-0.1, -0.05) is 79.4 Å². The number of ether oxygens (including phenoxy) is 3. The Balaban J connectivity index is 0.000000206. The van der Waals surface area contributed by atoms with Crippen LogP contribution in [0.1, 0.15) is 49.1 Å². The van der Waals surface area contributed by atoms with Crippen molar-refractivity contribution < 1.29 is 94.5 Å². The van der Waals surface area contributed by atoms with Crippen molar-refractivity contribution in [1.29, 1.82) is 0 Å². The van der Waals surface area contributed by atoms with E-state index in [9.17, 15) is 71.5 Å². The lowest BCUT2D eigenvalue weighted by molar-refractivity contribution is -0.153. The van der Waals surface area contributed by atoms with Gasteiger partial charge in [-0.25, -0.2) is 40.7 Å². The van der Waals surface area contributed by atoms with Gasteiger partial charge in [-0.3, -0.25) is 33.3 Å². The molecule has 115 heavy (non-hydrogen) atoms. The molecule has 7 heterocycles.